The van der Waals surface area contributed by atoms with Crippen molar-refractivity contribution >= 4 is 45.3 Å². The van der Waals surface area contributed by atoms with Gasteiger partial charge in [-0.2, -0.15) is 0 Å². The zero-order chi connectivity index (χ0) is 10.7. The van der Waals surface area contributed by atoms with E-state index in [1.54, 1.807) is 11.3 Å². The van der Waals surface area contributed by atoms with Gasteiger partial charge in [0.25, 0.3) is 0 Å². The summed E-state index contributed by atoms with van der Waals surface area (Å²) in [5.74, 6) is -0.280. The van der Waals surface area contributed by atoms with Crippen LogP contribution in [0.1, 0.15) is 0 Å². The maximum absolute atomic E-state index is 11.0. The molecule has 0 spiro atoms. The minimum Gasteiger partial charge on any atom is -0.301 e. The number of nitrogens with one attached hydrogen (secondary N) is 1. The topological polar surface area (TPSA) is 42.0 Å². The number of carbonyl (C=O) groups is 1. The number of alkyl halides is 1. The molecule has 2 aromatic rings. The molecule has 1 amide bonds. The molecular weight excluding hydrogens is 252 g/mol. The van der Waals surface area contributed by atoms with E-state index in [2.05, 4.69) is 10.3 Å². The van der Waals surface area contributed by atoms with Gasteiger partial charge in [0.15, 0.2) is 5.13 Å². The molecule has 15 heavy (non-hydrogen) atoms. The van der Waals surface area contributed by atoms with Crippen molar-refractivity contribution in [1.82, 2.24) is 4.98 Å². The Hall–Kier alpha value is -0.910. The monoisotopic (exact) mass is 258 g/mol. The standard InChI is InChI=1S/C9H7ClN2OS2/c10-4-8(13)12-9-11-6(5-15-9)7-2-1-3-14-7/h1-3,5H,4H2,(H,11,12,13). The number of rotatable bonds is 3. The lowest BCUT2D eigenvalue weighted by Crippen LogP contribution is -2.12. The lowest BCUT2D eigenvalue weighted by atomic mass is 10.4. The Morgan fingerprint density at radius 3 is 3.07 bits per heavy atom. The van der Waals surface area contributed by atoms with Crippen LogP contribution in [-0.4, -0.2) is 16.8 Å². The van der Waals surface area contributed by atoms with Crippen LogP contribution in [0.4, 0.5) is 5.13 Å². The number of hydrogen-bond donors (Lipinski definition) is 1. The average molecular weight is 259 g/mol. The van der Waals surface area contributed by atoms with Gasteiger partial charge >= 0.3 is 0 Å². The molecule has 0 aliphatic carbocycles. The van der Waals surface area contributed by atoms with Crippen molar-refractivity contribution in [3.05, 3.63) is 22.9 Å². The van der Waals surface area contributed by atoms with Gasteiger partial charge in [0.05, 0.1) is 10.6 Å². The Kier molecular flexibility index (Phi) is 3.35. The van der Waals surface area contributed by atoms with Gasteiger partial charge in [0.2, 0.25) is 5.91 Å². The summed E-state index contributed by atoms with van der Waals surface area (Å²) in [5.41, 5.74) is 0.889. The number of halogens is 1. The number of carbonyl (C=O) groups excluding carboxylic acids is 1. The van der Waals surface area contributed by atoms with Gasteiger partial charge in [0, 0.05) is 5.38 Å². The summed E-state index contributed by atoms with van der Waals surface area (Å²) in [6.45, 7) is 0. The average Bonchev–Trinajstić information content (AvgIpc) is 2.85. The normalized spacial score (nSPS) is 10.2. The second-order valence-corrected chi connectivity index (χ2v) is 4.77. The maximum atomic E-state index is 11.0. The van der Waals surface area contributed by atoms with E-state index in [1.807, 2.05) is 22.9 Å². The van der Waals surface area contributed by atoms with E-state index in [4.69, 9.17) is 11.6 Å². The Morgan fingerprint density at radius 1 is 1.53 bits per heavy atom. The van der Waals surface area contributed by atoms with E-state index in [-0.39, 0.29) is 11.8 Å². The molecule has 0 aliphatic heterocycles. The van der Waals surface area contributed by atoms with E-state index in [0.29, 0.717) is 5.13 Å². The first kappa shape index (κ1) is 10.6. The van der Waals surface area contributed by atoms with Gasteiger partial charge in [-0.1, -0.05) is 6.07 Å². The predicted molar refractivity (Wildman–Crippen MR) is 64.8 cm³/mol. The van der Waals surface area contributed by atoms with E-state index >= 15 is 0 Å². The highest BCUT2D eigenvalue weighted by atomic mass is 35.5. The highest BCUT2D eigenvalue weighted by Crippen LogP contribution is 2.28. The number of thiophene rings is 1. The van der Waals surface area contributed by atoms with E-state index in [9.17, 15) is 4.79 Å². The maximum Gasteiger partial charge on any atom is 0.241 e. The number of aromatic nitrogens is 1. The molecule has 0 unspecified atom stereocenters. The SMILES string of the molecule is O=C(CCl)Nc1nc(-c2cccs2)cs1. The van der Waals surface area contributed by atoms with Crippen LogP contribution in [0.3, 0.4) is 0 Å². The molecule has 2 heterocycles. The summed E-state index contributed by atoms with van der Waals surface area (Å²) in [5, 5.41) is 7.11. The molecule has 0 radical (unpaired) electrons. The Balaban J connectivity index is 2.14. The molecule has 2 rings (SSSR count). The lowest BCUT2D eigenvalue weighted by molar-refractivity contribution is -0.113. The summed E-state index contributed by atoms with van der Waals surface area (Å²) in [6.07, 6.45) is 0. The number of amides is 1. The molecule has 78 valence electrons. The summed E-state index contributed by atoms with van der Waals surface area (Å²) in [4.78, 5) is 16.4. The molecule has 0 bridgehead atoms. The van der Waals surface area contributed by atoms with Crippen LogP contribution in [0.25, 0.3) is 10.6 Å². The van der Waals surface area contributed by atoms with Crippen LogP contribution in [0.15, 0.2) is 22.9 Å². The van der Waals surface area contributed by atoms with Crippen LogP contribution < -0.4 is 5.32 Å². The fourth-order valence-electron chi connectivity index (χ4n) is 1.02. The van der Waals surface area contributed by atoms with E-state index < -0.39 is 0 Å². The van der Waals surface area contributed by atoms with Crippen molar-refractivity contribution in [3.8, 4) is 10.6 Å². The summed E-state index contributed by atoms with van der Waals surface area (Å²) in [7, 11) is 0. The third-order valence-electron chi connectivity index (χ3n) is 1.65. The van der Waals surface area contributed by atoms with Crippen molar-refractivity contribution < 1.29 is 4.79 Å². The minimum atomic E-state index is -0.233. The van der Waals surface area contributed by atoms with Gasteiger partial charge in [-0.25, -0.2) is 4.98 Å². The van der Waals surface area contributed by atoms with Crippen LogP contribution >= 0.6 is 34.3 Å². The number of thiazole rings is 1. The van der Waals surface area contributed by atoms with Crippen LogP contribution in [0.5, 0.6) is 0 Å². The van der Waals surface area contributed by atoms with Crippen molar-refractivity contribution in [2.24, 2.45) is 0 Å². The molecule has 6 heteroatoms. The molecule has 0 aliphatic rings. The number of hydrogen-bond acceptors (Lipinski definition) is 4. The van der Waals surface area contributed by atoms with Crippen molar-refractivity contribution in [2.75, 3.05) is 11.2 Å². The first-order valence-electron chi connectivity index (χ1n) is 4.15. The molecule has 3 nitrogen and oxygen atoms in total. The molecule has 0 saturated heterocycles. The molecule has 2 aromatic heterocycles. The molecular formula is C9H7ClN2OS2. The second kappa shape index (κ2) is 4.74. The van der Waals surface area contributed by atoms with Crippen LogP contribution in [-0.2, 0) is 4.79 Å². The van der Waals surface area contributed by atoms with Crippen molar-refractivity contribution in [1.29, 1.82) is 0 Å². The fraction of sp³-hybridized carbons (Fsp3) is 0.111. The first-order chi connectivity index (χ1) is 7.29. The van der Waals surface area contributed by atoms with Gasteiger partial charge < -0.3 is 5.32 Å². The second-order valence-electron chi connectivity index (χ2n) is 2.70. The van der Waals surface area contributed by atoms with Gasteiger partial charge in [0.1, 0.15) is 5.88 Å². The Morgan fingerprint density at radius 2 is 2.40 bits per heavy atom. The number of anilines is 1. The summed E-state index contributed by atoms with van der Waals surface area (Å²) in [6, 6.07) is 3.96. The molecule has 0 aromatic carbocycles. The Labute approximate surface area is 99.7 Å². The predicted octanol–water partition coefficient (Wildman–Crippen LogP) is 3.05. The molecule has 0 atom stereocenters. The van der Waals surface area contributed by atoms with Crippen molar-refractivity contribution in [2.45, 2.75) is 0 Å². The lowest BCUT2D eigenvalue weighted by Gasteiger charge is -1.95. The van der Waals surface area contributed by atoms with Gasteiger partial charge in [-0.15, -0.1) is 34.3 Å². The van der Waals surface area contributed by atoms with Crippen molar-refractivity contribution in [3.63, 3.8) is 0 Å². The Bertz CT molecular complexity index is 452. The summed E-state index contributed by atoms with van der Waals surface area (Å²) < 4.78 is 0. The molecule has 0 fully saturated rings. The number of nitrogens with zero attached hydrogens (tertiary/aromatic N) is 1. The third-order valence-corrected chi connectivity index (χ3v) is 3.54. The van der Waals surface area contributed by atoms with Gasteiger partial charge in [-0.05, 0) is 11.4 Å². The fourth-order valence-corrected chi connectivity index (χ4v) is 2.58. The smallest absolute Gasteiger partial charge is 0.241 e. The first-order valence-corrected chi connectivity index (χ1v) is 6.44. The molecule has 0 saturated carbocycles. The van der Waals surface area contributed by atoms with Crippen LogP contribution in [0, 0.1) is 0 Å². The van der Waals surface area contributed by atoms with E-state index in [1.165, 1.54) is 11.3 Å². The zero-order valence-corrected chi connectivity index (χ0v) is 9.96. The summed E-state index contributed by atoms with van der Waals surface area (Å²) >= 11 is 8.39. The quantitative estimate of drug-likeness (QED) is 0.860. The molecule has 1 N–H and O–H groups in total. The third kappa shape index (κ3) is 2.56. The van der Waals surface area contributed by atoms with Crippen LogP contribution in [0.2, 0.25) is 0 Å². The highest BCUT2D eigenvalue weighted by molar-refractivity contribution is 7.16. The highest BCUT2D eigenvalue weighted by Gasteiger charge is 2.07. The van der Waals surface area contributed by atoms with E-state index in [0.717, 1.165) is 10.6 Å². The minimum absolute atomic E-state index is 0.0477. The largest absolute Gasteiger partial charge is 0.301 e. The zero-order valence-electron chi connectivity index (χ0n) is 7.57. The van der Waals surface area contributed by atoms with Gasteiger partial charge in [-0.3, -0.25) is 4.79 Å².